The first-order valence-electron chi connectivity index (χ1n) is 4.94. The van der Waals surface area contributed by atoms with E-state index in [-0.39, 0.29) is 6.04 Å². The predicted octanol–water partition coefficient (Wildman–Crippen LogP) is 3.42. The van der Waals surface area contributed by atoms with Gasteiger partial charge in [-0.1, -0.05) is 42.3 Å². The Labute approximate surface area is 100 Å². The number of benzene rings is 1. The molecule has 2 N–H and O–H groups in total. The second kappa shape index (κ2) is 6.33. The molecule has 2 nitrogen and oxygen atoms in total. The van der Waals surface area contributed by atoms with Crippen LogP contribution in [-0.4, -0.2) is 13.2 Å². The van der Waals surface area contributed by atoms with Crippen LogP contribution in [0.2, 0.25) is 10.0 Å². The first-order valence-corrected chi connectivity index (χ1v) is 5.69. The summed E-state index contributed by atoms with van der Waals surface area (Å²) in [6, 6.07) is 5.23. The van der Waals surface area contributed by atoms with Crippen molar-refractivity contribution in [2.24, 2.45) is 5.73 Å². The summed E-state index contributed by atoms with van der Waals surface area (Å²) in [6.45, 7) is 3.23. The van der Waals surface area contributed by atoms with Gasteiger partial charge in [-0.05, 0) is 18.1 Å². The molecule has 4 heteroatoms. The molecule has 0 amide bonds. The molecule has 0 aromatic heterocycles. The lowest BCUT2D eigenvalue weighted by atomic mass is 10.1. The van der Waals surface area contributed by atoms with E-state index in [9.17, 15) is 0 Å². The molecule has 1 rings (SSSR count). The third kappa shape index (κ3) is 3.65. The van der Waals surface area contributed by atoms with Crippen LogP contribution in [0.1, 0.15) is 24.9 Å². The van der Waals surface area contributed by atoms with Gasteiger partial charge in [0.05, 0.1) is 22.7 Å². The zero-order valence-corrected chi connectivity index (χ0v) is 10.2. The Morgan fingerprint density at radius 3 is 2.80 bits per heavy atom. The summed E-state index contributed by atoms with van der Waals surface area (Å²) >= 11 is 11.9. The molecular weight excluding hydrogens is 233 g/mol. The Morgan fingerprint density at radius 2 is 2.13 bits per heavy atom. The molecule has 0 aliphatic carbocycles. The van der Waals surface area contributed by atoms with Crippen molar-refractivity contribution >= 4 is 23.2 Å². The van der Waals surface area contributed by atoms with Crippen LogP contribution < -0.4 is 5.73 Å². The van der Waals surface area contributed by atoms with E-state index in [4.69, 9.17) is 33.7 Å². The van der Waals surface area contributed by atoms with Gasteiger partial charge in [-0.3, -0.25) is 0 Å². The molecule has 0 saturated heterocycles. The van der Waals surface area contributed by atoms with Gasteiger partial charge in [0.15, 0.2) is 0 Å². The summed E-state index contributed by atoms with van der Waals surface area (Å²) in [5, 5.41) is 1.05. The van der Waals surface area contributed by atoms with Crippen LogP contribution in [0.25, 0.3) is 0 Å². The van der Waals surface area contributed by atoms with Crippen LogP contribution in [0, 0.1) is 0 Å². The summed E-state index contributed by atoms with van der Waals surface area (Å²) < 4.78 is 5.37. The highest BCUT2D eigenvalue weighted by atomic mass is 35.5. The van der Waals surface area contributed by atoms with Crippen molar-refractivity contribution in [2.75, 3.05) is 13.2 Å². The van der Waals surface area contributed by atoms with E-state index in [1.54, 1.807) is 6.07 Å². The summed E-state index contributed by atoms with van der Waals surface area (Å²) in [4.78, 5) is 0. The number of nitrogens with two attached hydrogens (primary N) is 1. The average molecular weight is 248 g/mol. The van der Waals surface area contributed by atoms with E-state index in [1.165, 1.54) is 0 Å². The second-order valence-electron chi connectivity index (χ2n) is 3.32. The van der Waals surface area contributed by atoms with Gasteiger partial charge in [0.25, 0.3) is 0 Å². The van der Waals surface area contributed by atoms with E-state index in [1.807, 2.05) is 12.1 Å². The molecule has 0 bridgehead atoms. The maximum Gasteiger partial charge on any atom is 0.0659 e. The summed E-state index contributed by atoms with van der Waals surface area (Å²) in [5.41, 5.74) is 6.77. The fraction of sp³-hybridized carbons (Fsp3) is 0.455. The van der Waals surface area contributed by atoms with Gasteiger partial charge in [0.2, 0.25) is 0 Å². The number of ether oxygens (including phenoxy) is 1. The molecule has 0 radical (unpaired) electrons. The fourth-order valence-electron chi connectivity index (χ4n) is 1.25. The predicted molar refractivity (Wildman–Crippen MR) is 64.5 cm³/mol. The lowest BCUT2D eigenvalue weighted by Crippen LogP contribution is -2.17. The molecule has 0 fully saturated rings. The smallest absolute Gasteiger partial charge is 0.0659 e. The Hall–Kier alpha value is -0.280. The SMILES string of the molecule is CCCOCC(N)c1cccc(Cl)c1Cl. The Kier molecular flexibility index (Phi) is 5.40. The molecule has 0 spiro atoms. The normalized spacial score (nSPS) is 12.8. The van der Waals surface area contributed by atoms with Crippen molar-refractivity contribution in [3.05, 3.63) is 33.8 Å². The third-order valence-electron chi connectivity index (χ3n) is 2.03. The first kappa shape index (κ1) is 12.8. The lowest BCUT2D eigenvalue weighted by Gasteiger charge is -2.14. The highest BCUT2D eigenvalue weighted by Crippen LogP contribution is 2.28. The standard InChI is InChI=1S/C11H15Cl2NO/c1-2-6-15-7-10(14)8-4-3-5-9(12)11(8)13/h3-5,10H,2,6-7,14H2,1H3. The van der Waals surface area contributed by atoms with Crippen molar-refractivity contribution in [3.63, 3.8) is 0 Å². The lowest BCUT2D eigenvalue weighted by molar-refractivity contribution is 0.121. The molecule has 15 heavy (non-hydrogen) atoms. The highest BCUT2D eigenvalue weighted by Gasteiger charge is 2.11. The van der Waals surface area contributed by atoms with Gasteiger partial charge < -0.3 is 10.5 Å². The average Bonchev–Trinajstić information content (AvgIpc) is 2.22. The summed E-state index contributed by atoms with van der Waals surface area (Å²) in [7, 11) is 0. The van der Waals surface area contributed by atoms with E-state index in [0.29, 0.717) is 23.3 Å². The van der Waals surface area contributed by atoms with Crippen molar-refractivity contribution in [2.45, 2.75) is 19.4 Å². The molecule has 0 heterocycles. The molecule has 1 atom stereocenters. The van der Waals surface area contributed by atoms with E-state index < -0.39 is 0 Å². The van der Waals surface area contributed by atoms with Crippen molar-refractivity contribution < 1.29 is 4.74 Å². The maximum absolute atomic E-state index is 6.03. The maximum atomic E-state index is 6.03. The van der Waals surface area contributed by atoms with Crippen molar-refractivity contribution in [3.8, 4) is 0 Å². The van der Waals surface area contributed by atoms with Gasteiger partial charge in [-0.2, -0.15) is 0 Å². The molecule has 1 unspecified atom stereocenters. The minimum Gasteiger partial charge on any atom is -0.379 e. The Bertz CT molecular complexity index is 317. The van der Waals surface area contributed by atoms with Crippen LogP contribution in [0.15, 0.2) is 18.2 Å². The molecular formula is C11H15Cl2NO. The van der Waals surface area contributed by atoms with Gasteiger partial charge in [0, 0.05) is 6.61 Å². The molecule has 0 saturated carbocycles. The zero-order chi connectivity index (χ0) is 11.3. The molecule has 0 aliphatic heterocycles. The fourth-order valence-corrected chi connectivity index (χ4v) is 1.70. The number of rotatable bonds is 5. The molecule has 1 aromatic carbocycles. The largest absolute Gasteiger partial charge is 0.379 e. The third-order valence-corrected chi connectivity index (χ3v) is 2.86. The number of hydrogen-bond donors (Lipinski definition) is 1. The molecule has 1 aromatic rings. The summed E-state index contributed by atoms with van der Waals surface area (Å²) in [5.74, 6) is 0. The highest BCUT2D eigenvalue weighted by molar-refractivity contribution is 6.42. The van der Waals surface area contributed by atoms with Crippen LogP contribution >= 0.6 is 23.2 Å². The van der Waals surface area contributed by atoms with Crippen molar-refractivity contribution in [1.82, 2.24) is 0 Å². The van der Waals surface area contributed by atoms with Crippen molar-refractivity contribution in [1.29, 1.82) is 0 Å². The number of hydrogen-bond acceptors (Lipinski definition) is 2. The van der Waals surface area contributed by atoms with Crippen LogP contribution in [0.3, 0.4) is 0 Å². The van der Waals surface area contributed by atoms with Gasteiger partial charge in [-0.15, -0.1) is 0 Å². The monoisotopic (exact) mass is 247 g/mol. The van der Waals surface area contributed by atoms with Gasteiger partial charge >= 0.3 is 0 Å². The van der Waals surface area contributed by atoms with Crippen LogP contribution in [-0.2, 0) is 4.74 Å². The van der Waals surface area contributed by atoms with Gasteiger partial charge in [-0.25, -0.2) is 0 Å². The van der Waals surface area contributed by atoms with Gasteiger partial charge in [0.1, 0.15) is 0 Å². The topological polar surface area (TPSA) is 35.2 Å². The van der Waals surface area contributed by atoms with E-state index in [2.05, 4.69) is 6.92 Å². The second-order valence-corrected chi connectivity index (χ2v) is 4.11. The first-order chi connectivity index (χ1) is 7.16. The zero-order valence-electron chi connectivity index (χ0n) is 8.67. The van der Waals surface area contributed by atoms with Crippen LogP contribution in [0.4, 0.5) is 0 Å². The molecule has 0 aliphatic rings. The Morgan fingerprint density at radius 1 is 1.40 bits per heavy atom. The van der Waals surface area contributed by atoms with E-state index >= 15 is 0 Å². The number of halogens is 2. The Balaban J connectivity index is 2.65. The minimum absolute atomic E-state index is 0.220. The quantitative estimate of drug-likeness (QED) is 0.810. The van der Waals surface area contributed by atoms with E-state index in [0.717, 1.165) is 12.0 Å². The summed E-state index contributed by atoms with van der Waals surface area (Å²) in [6.07, 6.45) is 0.982. The molecule has 84 valence electrons. The minimum atomic E-state index is -0.220. The van der Waals surface area contributed by atoms with Crippen LogP contribution in [0.5, 0.6) is 0 Å².